The van der Waals surface area contributed by atoms with Crippen LogP contribution in [0.1, 0.15) is 17.9 Å². The van der Waals surface area contributed by atoms with Crippen LogP contribution in [0.4, 0.5) is 5.69 Å². The first-order chi connectivity index (χ1) is 6.83. The van der Waals surface area contributed by atoms with E-state index in [1.807, 2.05) is 0 Å². The standard InChI is InChI=1S/C12H17NO/c1-13-9-10(7-8-14-2)11-5-3-4-6-12(11)13/h3-6,10H,7-9H2,1-2H3. The van der Waals surface area contributed by atoms with E-state index in [0.717, 1.165) is 19.6 Å². The maximum atomic E-state index is 5.14. The largest absolute Gasteiger partial charge is 0.385 e. The highest BCUT2D eigenvalue weighted by Crippen LogP contribution is 2.36. The fourth-order valence-corrected chi connectivity index (χ4v) is 2.21. The van der Waals surface area contributed by atoms with Gasteiger partial charge >= 0.3 is 0 Å². The summed E-state index contributed by atoms with van der Waals surface area (Å²) in [5, 5.41) is 0. The van der Waals surface area contributed by atoms with Crippen LogP contribution in [0.5, 0.6) is 0 Å². The van der Waals surface area contributed by atoms with E-state index >= 15 is 0 Å². The highest BCUT2D eigenvalue weighted by atomic mass is 16.5. The van der Waals surface area contributed by atoms with E-state index in [4.69, 9.17) is 4.74 Å². The molecular weight excluding hydrogens is 174 g/mol. The summed E-state index contributed by atoms with van der Waals surface area (Å²) >= 11 is 0. The third-order valence-corrected chi connectivity index (χ3v) is 2.95. The molecule has 1 aliphatic rings. The summed E-state index contributed by atoms with van der Waals surface area (Å²) in [6, 6.07) is 8.66. The minimum absolute atomic E-state index is 0.649. The van der Waals surface area contributed by atoms with Crippen LogP contribution in [0, 0.1) is 0 Å². The average Bonchev–Trinajstić information content (AvgIpc) is 2.54. The summed E-state index contributed by atoms with van der Waals surface area (Å²) in [5.74, 6) is 0.649. The molecule has 2 rings (SSSR count). The molecule has 1 aromatic rings. The molecule has 14 heavy (non-hydrogen) atoms. The van der Waals surface area contributed by atoms with Crippen LogP contribution in [-0.2, 0) is 4.74 Å². The fraction of sp³-hybridized carbons (Fsp3) is 0.500. The lowest BCUT2D eigenvalue weighted by molar-refractivity contribution is 0.189. The minimum atomic E-state index is 0.649. The van der Waals surface area contributed by atoms with Gasteiger partial charge in [0.25, 0.3) is 0 Å². The number of nitrogens with zero attached hydrogens (tertiary/aromatic N) is 1. The zero-order valence-electron chi connectivity index (χ0n) is 8.86. The normalized spacial score (nSPS) is 19.9. The lowest BCUT2D eigenvalue weighted by Gasteiger charge is -2.12. The van der Waals surface area contributed by atoms with Gasteiger partial charge in [0.1, 0.15) is 0 Å². The second-order valence-corrected chi connectivity index (χ2v) is 3.92. The van der Waals surface area contributed by atoms with E-state index in [1.54, 1.807) is 7.11 Å². The summed E-state index contributed by atoms with van der Waals surface area (Å²) in [6.45, 7) is 1.98. The topological polar surface area (TPSA) is 12.5 Å². The van der Waals surface area contributed by atoms with Crippen molar-refractivity contribution in [2.75, 3.05) is 32.2 Å². The van der Waals surface area contributed by atoms with E-state index < -0.39 is 0 Å². The molecule has 1 heterocycles. The van der Waals surface area contributed by atoms with Crippen LogP contribution in [0.25, 0.3) is 0 Å². The lowest BCUT2D eigenvalue weighted by Crippen LogP contribution is -2.15. The molecule has 0 fully saturated rings. The Labute approximate surface area is 85.5 Å². The first-order valence-electron chi connectivity index (χ1n) is 5.12. The van der Waals surface area contributed by atoms with Crippen molar-refractivity contribution < 1.29 is 4.74 Å². The summed E-state index contributed by atoms with van der Waals surface area (Å²) in [4.78, 5) is 2.33. The van der Waals surface area contributed by atoms with Gasteiger partial charge in [0, 0.05) is 38.9 Å². The molecule has 0 bridgehead atoms. The lowest BCUT2D eigenvalue weighted by atomic mass is 9.98. The highest BCUT2D eigenvalue weighted by molar-refractivity contribution is 5.59. The van der Waals surface area contributed by atoms with Crippen molar-refractivity contribution in [2.45, 2.75) is 12.3 Å². The molecule has 1 aromatic carbocycles. The molecule has 0 spiro atoms. The predicted octanol–water partition coefficient (Wildman–Crippen LogP) is 2.26. The summed E-state index contributed by atoms with van der Waals surface area (Å²) in [5.41, 5.74) is 2.86. The molecule has 0 radical (unpaired) electrons. The number of hydrogen-bond acceptors (Lipinski definition) is 2. The molecule has 0 amide bonds. The van der Waals surface area contributed by atoms with Crippen molar-refractivity contribution in [2.24, 2.45) is 0 Å². The van der Waals surface area contributed by atoms with E-state index in [0.29, 0.717) is 5.92 Å². The maximum absolute atomic E-state index is 5.14. The predicted molar refractivity (Wildman–Crippen MR) is 58.9 cm³/mol. The number of rotatable bonds is 3. The van der Waals surface area contributed by atoms with Gasteiger partial charge in [0.2, 0.25) is 0 Å². The molecule has 0 aliphatic carbocycles. The molecule has 0 aromatic heterocycles. The minimum Gasteiger partial charge on any atom is -0.385 e. The zero-order chi connectivity index (χ0) is 9.97. The molecule has 2 heteroatoms. The SMILES string of the molecule is COCCC1CN(C)c2ccccc21. The van der Waals surface area contributed by atoms with Gasteiger partial charge in [0.05, 0.1) is 0 Å². The summed E-state index contributed by atoms with van der Waals surface area (Å²) < 4.78 is 5.14. The first-order valence-corrected chi connectivity index (χ1v) is 5.12. The van der Waals surface area contributed by atoms with Gasteiger partial charge < -0.3 is 9.64 Å². The van der Waals surface area contributed by atoms with Crippen LogP contribution in [-0.4, -0.2) is 27.3 Å². The quantitative estimate of drug-likeness (QED) is 0.726. The van der Waals surface area contributed by atoms with Gasteiger partial charge in [-0.05, 0) is 18.1 Å². The third kappa shape index (κ3) is 1.62. The second kappa shape index (κ2) is 4.01. The number of ether oxygens (including phenoxy) is 1. The Morgan fingerprint density at radius 2 is 2.21 bits per heavy atom. The van der Waals surface area contributed by atoms with Gasteiger partial charge in [-0.15, -0.1) is 0 Å². The Bertz CT molecular complexity index is 311. The number of benzene rings is 1. The molecule has 0 N–H and O–H groups in total. The molecule has 0 saturated heterocycles. The Hall–Kier alpha value is -1.02. The Kier molecular flexibility index (Phi) is 2.73. The second-order valence-electron chi connectivity index (χ2n) is 3.92. The van der Waals surface area contributed by atoms with Crippen molar-refractivity contribution in [1.82, 2.24) is 0 Å². The average molecular weight is 191 g/mol. The van der Waals surface area contributed by atoms with Crippen LogP contribution in [0.2, 0.25) is 0 Å². The molecule has 2 nitrogen and oxygen atoms in total. The summed E-state index contributed by atoms with van der Waals surface area (Å²) in [6.07, 6.45) is 1.12. The number of hydrogen-bond donors (Lipinski definition) is 0. The smallest absolute Gasteiger partial charge is 0.0468 e. The maximum Gasteiger partial charge on any atom is 0.0468 e. The first kappa shape index (κ1) is 9.53. The van der Waals surface area contributed by atoms with Gasteiger partial charge in [-0.3, -0.25) is 0 Å². The molecule has 76 valence electrons. The van der Waals surface area contributed by atoms with E-state index in [1.165, 1.54) is 11.3 Å². The van der Waals surface area contributed by atoms with E-state index in [9.17, 15) is 0 Å². The van der Waals surface area contributed by atoms with Gasteiger partial charge in [-0.1, -0.05) is 18.2 Å². The molecular formula is C12H17NO. The number of likely N-dealkylation sites (N-methyl/N-ethyl adjacent to an activating group) is 1. The van der Waals surface area contributed by atoms with Gasteiger partial charge in [-0.2, -0.15) is 0 Å². The van der Waals surface area contributed by atoms with E-state index in [2.05, 4.69) is 36.2 Å². The Morgan fingerprint density at radius 1 is 1.43 bits per heavy atom. The Morgan fingerprint density at radius 3 is 3.00 bits per heavy atom. The molecule has 1 atom stereocenters. The van der Waals surface area contributed by atoms with Gasteiger partial charge in [-0.25, -0.2) is 0 Å². The number of fused-ring (bicyclic) bond motifs is 1. The van der Waals surface area contributed by atoms with E-state index in [-0.39, 0.29) is 0 Å². The monoisotopic (exact) mass is 191 g/mol. The van der Waals surface area contributed by atoms with Crippen LogP contribution >= 0.6 is 0 Å². The van der Waals surface area contributed by atoms with Gasteiger partial charge in [0.15, 0.2) is 0 Å². The fourth-order valence-electron chi connectivity index (χ4n) is 2.21. The number of methoxy groups -OCH3 is 1. The van der Waals surface area contributed by atoms with Crippen molar-refractivity contribution in [3.05, 3.63) is 29.8 Å². The third-order valence-electron chi connectivity index (χ3n) is 2.95. The molecule has 1 aliphatic heterocycles. The van der Waals surface area contributed by atoms with Crippen molar-refractivity contribution in [3.8, 4) is 0 Å². The molecule has 0 saturated carbocycles. The molecule has 1 unspecified atom stereocenters. The van der Waals surface area contributed by atoms with Crippen LogP contribution in [0.3, 0.4) is 0 Å². The van der Waals surface area contributed by atoms with Crippen LogP contribution < -0.4 is 4.90 Å². The number of para-hydroxylation sites is 1. The zero-order valence-corrected chi connectivity index (χ0v) is 8.86. The van der Waals surface area contributed by atoms with Crippen molar-refractivity contribution in [1.29, 1.82) is 0 Å². The highest BCUT2D eigenvalue weighted by Gasteiger charge is 2.24. The summed E-state index contributed by atoms with van der Waals surface area (Å²) in [7, 11) is 3.93. The van der Waals surface area contributed by atoms with Crippen molar-refractivity contribution in [3.63, 3.8) is 0 Å². The Balaban J connectivity index is 2.17. The number of anilines is 1. The van der Waals surface area contributed by atoms with Crippen molar-refractivity contribution >= 4 is 5.69 Å². The van der Waals surface area contributed by atoms with Crippen LogP contribution in [0.15, 0.2) is 24.3 Å².